The Hall–Kier alpha value is -2.17. The molecule has 2 saturated heterocycles. The number of benzene rings is 1. The molecule has 2 atom stereocenters. The van der Waals surface area contributed by atoms with Gasteiger partial charge in [0.25, 0.3) is 5.91 Å². The second-order valence-electron chi connectivity index (χ2n) is 4.82. The lowest BCUT2D eigenvalue weighted by atomic mass is 10.1. The Morgan fingerprint density at radius 3 is 2.76 bits per heavy atom. The lowest BCUT2D eigenvalue weighted by Crippen LogP contribution is -2.36. The SMILES string of the molecule is N#Cc1ccc(N2C(=O)[C@@H]3[C@H](O)CCN3C2=O)c(F)c1Cl. The molecule has 2 aliphatic heterocycles. The maximum absolute atomic E-state index is 14.2. The summed E-state index contributed by atoms with van der Waals surface area (Å²) in [4.78, 5) is 26.3. The molecule has 1 aromatic rings. The molecular formula is C13H9ClFN3O3. The molecule has 0 aromatic heterocycles. The Balaban J connectivity index is 2.07. The zero-order valence-electron chi connectivity index (χ0n) is 10.6. The minimum Gasteiger partial charge on any atom is -0.390 e. The second-order valence-corrected chi connectivity index (χ2v) is 5.20. The van der Waals surface area contributed by atoms with Crippen LogP contribution in [0.15, 0.2) is 12.1 Å². The third-order valence-corrected chi connectivity index (χ3v) is 4.07. The van der Waals surface area contributed by atoms with Crippen molar-refractivity contribution in [3.8, 4) is 6.07 Å². The molecule has 6 nitrogen and oxygen atoms in total. The Morgan fingerprint density at radius 2 is 2.14 bits per heavy atom. The lowest BCUT2D eigenvalue weighted by molar-refractivity contribution is -0.121. The van der Waals surface area contributed by atoms with Gasteiger partial charge >= 0.3 is 6.03 Å². The average molecular weight is 310 g/mol. The van der Waals surface area contributed by atoms with Gasteiger partial charge in [0.15, 0.2) is 5.82 Å². The van der Waals surface area contributed by atoms with Crippen molar-refractivity contribution in [3.63, 3.8) is 0 Å². The van der Waals surface area contributed by atoms with Gasteiger partial charge in [-0.25, -0.2) is 14.1 Å². The van der Waals surface area contributed by atoms with E-state index in [4.69, 9.17) is 16.9 Å². The summed E-state index contributed by atoms with van der Waals surface area (Å²) in [5.41, 5.74) is -0.395. The summed E-state index contributed by atoms with van der Waals surface area (Å²) in [6, 6.07) is 2.43. The van der Waals surface area contributed by atoms with Crippen LogP contribution in [0.4, 0.5) is 14.9 Å². The number of amides is 3. The van der Waals surface area contributed by atoms with Crippen LogP contribution in [0.5, 0.6) is 0 Å². The standard InChI is InChI=1S/C13H9ClFN3O3/c14-9-6(5-16)1-2-7(10(9)15)18-12(20)11-8(19)3-4-17(11)13(18)21/h1-2,8,11,19H,3-4H2/t8-,11+/m1/s1. The van der Waals surface area contributed by atoms with Crippen molar-refractivity contribution < 1.29 is 19.1 Å². The first-order chi connectivity index (χ1) is 9.97. The Bertz CT molecular complexity index is 703. The number of rotatable bonds is 1. The molecule has 2 aliphatic rings. The van der Waals surface area contributed by atoms with Gasteiger partial charge in [-0.2, -0.15) is 5.26 Å². The van der Waals surface area contributed by atoms with E-state index in [0.29, 0.717) is 11.3 Å². The molecule has 2 heterocycles. The molecule has 0 aliphatic carbocycles. The molecule has 0 saturated carbocycles. The van der Waals surface area contributed by atoms with Crippen molar-refractivity contribution in [1.82, 2.24) is 4.90 Å². The summed E-state index contributed by atoms with van der Waals surface area (Å²) in [5.74, 6) is -1.70. The molecule has 1 aromatic carbocycles. The van der Waals surface area contributed by atoms with Gasteiger partial charge in [0.1, 0.15) is 12.1 Å². The van der Waals surface area contributed by atoms with Crippen LogP contribution in [-0.4, -0.2) is 40.6 Å². The van der Waals surface area contributed by atoms with Crippen LogP contribution in [0.3, 0.4) is 0 Å². The number of nitrogens with zero attached hydrogens (tertiary/aromatic N) is 3. The maximum atomic E-state index is 14.2. The summed E-state index contributed by atoms with van der Waals surface area (Å²) in [6.07, 6.45) is -0.643. The predicted octanol–water partition coefficient (Wildman–Crippen LogP) is 1.25. The summed E-state index contributed by atoms with van der Waals surface area (Å²) in [7, 11) is 0. The molecule has 3 amide bonds. The highest BCUT2D eigenvalue weighted by atomic mass is 35.5. The number of aliphatic hydroxyl groups excluding tert-OH is 1. The van der Waals surface area contributed by atoms with Crippen LogP contribution in [-0.2, 0) is 4.79 Å². The molecule has 3 rings (SSSR count). The number of imide groups is 1. The predicted molar refractivity (Wildman–Crippen MR) is 70.1 cm³/mol. The lowest BCUT2D eigenvalue weighted by Gasteiger charge is -2.17. The highest BCUT2D eigenvalue weighted by Gasteiger charge is 2.53. The van der Waals surface area contributed by atoms with E-state index >= 15 is 0 Å². The van der Waals surface area contributed by atoms with E-state index in [1.807, 2.05) is 0 Å². The zero-order valence-corrected chi connectivity index (χ0v) is 11.3. The van der Waals surface area contributed by atoms with Crippen molar-refractivity contribution in [2.75, 3.05) is 11.4 Å². The third-order valence-electron chi connectivity index (χ3n) is 3.70. The van der Waals surface area contributed by atoms with Crippen LogP contribution in [0, 0.1) is 17.1 Å². The van der Waals surface area contributed by atoms with Crippen molar-refractivity contribution >= 4 is 29.2 Å². The fourth-order valence-electron chi connectivity index (χ4n) is 2.66. The van der Waals surface area contributed by atoms with Crippen molar-refractivity contribution in [2.45, 2.75) is 18.6 Å². The highest BCUT2D eigenvalue weighted by molar-refractivity contribution is 6.32. The number of nitriles is 1. The molecule has 21 heavy (non-hydrogen) atoms. The topological polar surface area (TPSA) is 84.6 Å². The minimum atomic E-state index is -1.01. The molecule has 1 N–H and O–H groups in total. The Morgan fingerprint density at radius 1 is 1.43 bits per heavy atom. The van der Waals surface area contributed by atoms with Crippen molar-refractivity contribution in [1.29, 1.82) is 5.26 Å². The number of anilines is 1. The van der Waals surface area contributed by atoms with Crippen LogP contribution in [0.1, 0.15) is 12.0 Å². The normalized spacial score (nSPS) is 24.5. The average Bonchev–Trinajstić information content (AvgIpc) is 2.95. The highest BCUT2D eigenvalue weighted by Crippen LogP contribution is 2.35. The summed E-state index contributed by atoms with van der Waals surface area (Å²) in [6.45, 7) is 0.235. The fraction of sp³-hybridized carbons (Fsp3) is 0.308. The van der Waals surface area contributed by atoms with Gasteiger partial charge in [0.05, 0.1) is 22.4 Å². The Kier molecular flexibility index (Phi) is 3.08. The van der Waals surface area contributed by atoms with Crippen LogP contribution >= 0.6 is 11.6 Å². The van der Waals surface area contributed by atoms with E-state index in [9.17, 15) is 19.1 Å². The monoisotopic (exact) mass is 309 g/mol. The fourth-order valence-corrected chi connectivity index (χ4v) is 2.87. The number of hydrogen-bond donors (Lipinski definition) is 1. The Labute approximate surface area is 123 Å². The number of aliphatic hydroxyl groups is 1. The molecule has 0 spiro atoms. The van der Waals surface area contributed by atoms with Crippen molar-refractivity contribution in [3.05, 3.63) is 28.5 Å². The largest absolute Gasteiger partial charge is 0.390 e. The zero-order chi connectivity index (χ0) is 15.3. The molecule has 8 heteroatoms. The van der Waals surface area contributed by atoms with E-state index in [0.717, 1.165) is 6.07 Å². The van der Waals surface area contributed by atoms with Crippen LogP contribution < -0.4 is 4.90 Å². The number of carbonyl (C=O) groups is 2. The minimum absolute atomic E-state index is 0.0856. The first-order valence-corrected chi connectivity index (χ1v) is 6.56. The van der Waals surface area contributed by atoms with E-state index < -0.39 is 34.9 Å². The molecular weight excluding hydrogens is 301 g/mol. The maximum Gasteiger partial charge on any atom is 0.332 e. The van der Waals surface area contributed by atoms with Gasteiger partial charge in [0.2, 0.25) is 0 Å². The number of halogens is 2. The summed E-state index contributed by atoms with van der Waals surface area (Å²) in [5, 5.41) is 18.1. The van der Waals surface area contributed by atoms with Crippen molar-refractivity contribution in [2.24, 2.45) is 0 Å². The number of hydrogen-bond acceptors (Lipinski definition) is 4. The summed E-state index contributed by atoms with van der Waals surface area (Å²) < 4.78 is 14.2. The van der Waals surface area contributed by atoms with Gasteiger partial charge in [0, 0.05) is 6.54 Å². The van der Waals surface area contributed by atoms with Gasteiger partial charge < -0.3 is 10.0 Å². The number of urea groups is 1. The first-order valence-electron chi connectivity index (χ1n) is 6.18. The number of carbonyl (C=O) groups excluding carboxylic acids is 2. The van der Waals surface area contributed by atoms with Gasteiger partial charge in [-0.3, -0.25) is 4.79 Å². The third kappa shape index (κ3) is 1.80. The first kappa shape index (κ1) is 13.8. The van der Waals surface area contributed by atoms with Crippen LogP contribution in [0.2, 0.25) is 5.02 Å². The van der Waals surface area contributed by atoms with E-state index in [2.05, 4.69) is 0 Å². The van der Waals surface area contributed by atoms with Gasteiger partial charge in [-0.15, -0.1) is 0 Å². The number of fused-ring (bicyclic) bond motifs is 1. The molecule has 108 valence electrons. The summed E-state index contributed by atoms with van der Waals surface area (Å²) >= 11 is 5.71. The van der Waals surface area contributed by atoms with E-state index in [1.54, 1.807) is 6.07 Å². The van der Waals surface area contributed by atoms with Gasteiger partial charge in [-0.05, 0) is 18.6 Å². The molecule has 0 bridgehead atoms. The van der Waals surface area contributed by atoms with E-state index in [-0.39, 0.29) is 17.8 Å². The smallest absolute Gasteiger partial charge is 0.332 e. The van der Waals surface area contributed by atoms with Gasteiger partial charge in [-0.1, -0.05) is 11.6 Å². The molecule has 2 fully saturated rings. The molecule has 0 unspecified atom stereocenters. The molecule has 0 radical (unpaired) electrons. The van der Waals surface area contributed by atoms with E-state index in [1.165, 1.54) is 11.0 Å². The second kappa shape index (κ2) is 4.69. The van der Waals surface area contributed by atoms with Crippen LogP contribution in [0.25, 0.3) is 0 Å². The quantitative estimate of drug-likeness (QED) is 0.791.